The standard InChI is InChI=1S/C8H8N2O3/c1-6-2-7(5-9-11)4-8(3-6)10(12)13/h2-5,11H,1H3. The molecule has 0 aliphatic carbocycles. The summed E-state index contributed by atoms with van der Waals surface area (Å²) in [5.41, 5.74) is 1.26. The van der Waals surface area contributed by atoms with E-state index in [0.29, 0.717) is 5.56 Å². The van der Waals surface area contributed by atoms with Crippen molar-refractivity contribution < 1.29 is 10.1 Å². The summed E-state index contributed by atoms with van der Waals surface area (Å²) in [6.07, 6.45) is 1.15. The Morgan fingerprint density at radius 1 is 1.54 bits per heavy atom. The van der Waals surface area contributed by atoms with Crippen molar-refractivity contribution in [2.45, 2.75) is 6.92 Å². The lowest BCUT2D eigenvalue weighted by Gasteiger charge is -1.96. The van der Waals surface area contributed by atoms with Crippen LogP contribution >= 0.6 is 0 Å². The minimum absolute atomic E-state index is 0.00472. The highest BCUT2D eigenvalue weighted by atomic mass is 16.6. The maximum Gasteiger partial charge on any atom is 0.270 e. The summed E-state index contributed by atoms with van der Waals surface area (Å²) in [5, 5.41) is 21.4. The SMILES string of the molecule is Cc1cc(C=NO)cc([N+](=O)[O-])c1. The van der Waals surface area contributed by atoms with Gasteiger partial charge in [0.15, 0.2) is 0 Å². The number of non-ortho nitro benzene ring substituents is 1. The maximum absolute atomic E-state index is 10.4. The predicted octanol–water partition coefficient (Wildman–Crippen LogP) is 1.71. The van der Waals surface area contributed by atoms with Crippen LogP contribution in [0.1, 0.15) is 11.1 Å². The molecule has 1 aromatic rings. The zero-order valence-corrected chi connectivity index (χ0v) is 6.97. The van der Waals surface area contributed by atoms with Crippen molar-refractivity contribution >= 4 is 11.9 Å². The van der Waals surface area contributed by atoms with Crippen LogP contribution in [0.3, 0.4) is 0 Å². The number of aryl methyl sites for hydroxylation is 1. The first-order valence-electron chi connectivity index (χ1n) is 3.57. The lowest BCUT2D eigenvalue weighted by molar-refractivity contribution is -0.384. The Morgan fingerprint density at radius 2 is 2.23 bits per heavy atom. The number of nitro benzene ring substituents is 1. The number of oxime groups is 1. The summed E-state index contributed by atoms with van der Waals surface area (Å²) in [4.78, 5) is 9.92. The normalized spacial score (nSPS) is 10.5. The van der Waals surface area contributed by atoms with Gasteiger partial charge < -0.3 is 5.21 Å². The summed E-state index contributed by atoms with van der Waals surface area (Å²) >= 11 is 0. The topological polar surface area (TPSA) is 75.7 Å². The van der Waals surface area contributed by atoms with E-state index in [0.717, 1.165) is 11.8 Å². The van der Waals surface area contributed by atoms with Gasteiger partial charge >= 0.3 is 0 Å². The quantitative estimate of drug-likeness (QED) is 0.326. The molecule has 0 saturated heterocycles. The van der Waals surface area contributed by atoms with Crippen molar-refractivity contribution in [3.05, 3.63) is 39.4 Å². The second-order valence-corrected chi connectivity index (χ2v) is 2.60. The molecule has 0 radical (unpaired) electrons. The average Bonchev–Trinajstić information content (AvgIpc) is 2.03. The zero-order valence-electron chi connectivity index (χ0n) is 6.97. The van der Waals surface area contributed by atoms with Gasteiger partial charge in [-0.3, -0.25) is 10.1 Å². The molecule has 1 N–H and O–H groups in total. The van der Waals surface area contributed by atoms with E-state index in [2.05, 4.69) is 5.16 Å². The van der Waals surface area contributed by atoms with E-state index in [1.54, 1.807) is 13.0 Å². The molecule has 68 valence electrons. The van der Waals surface area contributed by atoms with Crippen LogP contribution in [-0.2, 0) is 0 Å². The van der Waals surface area contributed by atoms with Gasteiger partial charge in [0.25, 0.3) is 5.69 Å². The van der Waals surface area contributed by atoms with Gasteiger partial charge in [-0.2, -0.15) is 0 Å². The van der Waals surface area contributed by atoms with Crippen molar-refractivity contribution in [1.29, 1.82) is 0 Å². The molecule has 0 amide bonds. The van der Waals surface area contributed by atoms with E-state index in [4.69, 9.17) is 5.21 Å². The summed E-state index contributed by atoms with van der Waals surface area (Å²) in [7, 11) is 0. The van der Waals surface area contributed by atoms with Gasteiger partial charge in [0, 0.05) is 17.7 Å². The third-order valence-electron chi connectivity index (χ3n) is 1.50. The fraction of sp³-hybridized carbons (Fsp3) is 0.125. The molecule has 1 rings (SSSR count). The van der Waals surface area contributed by atoms with Crippen molar-refractivity contribution in [2.24, 2.45) is 5.16 Å². The van der Waals surface area contributed by atoms with Crippen molar-refractivity contribution in [3.8, 4) is 0 Å². The highest BCUT2D eigenvalue weighted by Gasteiger charge is 2.06. The Kier molecular flexibility index (Phi) is 2.59. The molecule has 0 heterocycles. The third kappa shape index (κ3) is 2.26. The van der Waals surface area contributed by atoms with Gasteiger partial charge in [0.2, 0.25) is 0 Å². The molecular formula is C8H8N2O3. The van der Waals surface area contributed by atoms with Crippen LogP contribution in [0.2, 0.25) is 0 Å². The van der Waals surface area contributed by atoms with Crippen molar-refractivity contribution in [1.82, 2.24) is 0 Å². The van der Waals surface area contributed by atoms with E-state index in [1.807, 2.05) is 0 Å². The van der Waals surface area contributed by atoms with E-state index < -0.39 is 4.92 Å². The minimum atomic E-state index is -0.484. The summed E-state index contributed by atoms with van der Waals surface area (Å²) < 4.78 is 0. The number of nitro groups is 1. The summed E-state index contributed by atoms with van der Waals surface area (Å²) in [5.74, 6) is 0. The fourth-order valence-electron chi connectivity index (χ4n) is 1.04. The zero-order chi connectivity index (χ0) is 9.84. The summed E-state index contributed by atoms with van der Waals surface area (Å²) in [6, 6.07) is 4.48. The molecule has 0 aromatic heterocycles. The number of hydrogen-bond donors (Lipinski definition) is 1. The van der Waals surface area contributed by atoms with E-state index in [9.17, 15) is 10.1 Å². The van der Waals surface area contributed by atoms with Crippen LogP contribution in [0.25, 0.3) is 0 Å². The Bertz CT molecular complexity index is 360. The number of rotatable bonds is 2. The molecule has 0 bridgehead atoms. The molecule has 0 aliphatic rings. The lowest BCUT2D eigenvalue weighted by atomic mass is 10.1. The average molecular weight is 180 g/mol. The predicted molar refractivity (Wildman–Crippen MR) is 47.2 cm³/mol. The second-order valence-electron chi connectivity index (χ2n) is 2.60. The molecule has 0 spiro atoms. The first-order valence-corrected chi connectivity index (χ1v) is 3.57. The Hall–Kier alpha value is -1.91. The Labute approximate surface area is 74.5 Å². The van der Waals surface area contributed by atoms with Crippen LogP contribution < -0.4 is 0 Å². The van der Waals surface area contributed by atoms with Crippen LogP contribution in [0.15, 0.2) is 23.4 Å². The van der Waals surface area contributed by atoms with Gasteiger partial charge in [-0.15, -0.1) is 0 Å². The van der Waals surface area contributed by atoms with Gasteiger partial charge in [-0.05, 0) is 18.6 Å². The van der Waals surface area contributed by atoms with E-state index in [-0.39, 0.29) is 5.69 Å². The molecule has 1 aromatic carbocycles. The fourth-order valence-corrected chi connectivity index (χ4v) is 1.04. The molecular weight excluding hydrogens is 172 g/mol. The Morgan fingerprint density at radius 3 is 2.77 bits per heavy atom. The molecule has 0 fully saturated rings. The van der Waals surface area contributed by atoms with Gasteiger partial charge in [-0.1, -0.05) is 5.16 Å². The number of benzene rings is 1. The van der Waals surface area contributed by atoms with Gasteiger partial charge in [0.1, 0.15) is 0 Å². The van der Waals surface area contributed by atoms with Crippen LogP contribution in [0, 0.1) is 17.0 Å². The second kappa shape index (κ2) is 3.66. The van der Waals surface area contributed by atoms with Crippen LogP contribution in [0.4, 0.5) is 5.69 Å². The molecule has 5 nitrogen and oxygen atoms in total. The van der Waals surface area contributed by atoms with Gasteiger partial charge in [0.05, 0.1) is 11.1 Å². The van der Waals surface area contributed by atoms with Crippen LogP contribution in [-0.4, -0.2) is 16.3 Å². The highest BCUT2D eigenvalue weighted by Crippen LogP contribution is 2.15. The minimum Gasteiger partial charge on any atom is -0.411 e. The first kappa shape index (κ1) is 9.18. The summed E-state index contributed by atoms with van der Waals surface area (Å²) in [6.45, 7) is 1.74. The number of nitrogens with zero attached hydrogens (tertiary/aromatic N) is 2. The monoisotopic (exact) mass is 180 g/mol. The van der Waals surface area contributed by atoms with E-state index >= 15 is 0 Å². The van der Waals surface area contributed by atoms with Crippen LogP contribution in [0.5, 0.6) is 0 Å². The molecule has 5 heteroatoms. The molecule has 0 unspecified atom stereocenters. The molecule has 0 aliphatic heterocycles. The third-order valence-corrected chi connectivity index (χ3v) is 1.50. The first-order chi connectivity index (χ1) is 6.13. The highest BCUT2D eigenvalue weighted by molar-refractivity contribution is 5.80. The Balaban J connectivity index is 3.18. The van der Waals surface area contributed by atoms with Crippen molar-refractivity contribution in [3.63, 3.8) is 0 Å². The lowest BCUT2D eigenvalue weighted by Crippen LogP contribution is -1.91. The van der Waals surface area contributed by atoms with Crippen molar-refractivity contribution in [2.75, 3.05) is 0 Å². The van der Waals surface area contributed by atoms with E-state index in [1.165, 1.54) is 12.1 Å². The maximum atomic E-state index is 10.4. The largest absolute Gasteiger partial charge is 0.411 e. The number of hydrogen-bond acceptors (Lipinski definition) is 4. The smallest absolute Gasteiger partial charge is 0.270 e. The molecule has 13 heavy (non-hydrogen) atoms. The molecule has 0 saturated carbocycles. The van der Waals surface area contributed by atoms with Gasteiger partial charge in [-0.25, -0.2) is 0 Å². The molecule has 0 atom stereocenters.